The number of amides is 2. The van der Waals surface area contributed by atoms with Gasteiger partial charge < -0.3 is 5.32 Å². The number of benzene rings is 2. The molecule has 2 aromatic rings. The maximum atomic E-state index is 14.2. The lowest BCUT2D eigenvalue weighted by atomic mass is 10.1. The Balaban J connectivity index is 2.13. The minimum Gasteiger partial charge on any atom is -0.312 e. The van der Waals surface area contributed by atoms with Crippen molar-refractivity contribution in [3.05, 3.63) is 83.9 Å². The standard InChI is InChI=1S/C21H18F3N3O2/c1-3-13-27-17(15-10-5-4-6-11-15)25-20(19(27)29,21(22,23)24)26-18(28)16-12-8-7-9-14(16)2/h3-12H,1,13H2,2H3,(H,26,28)/t20-/m1/s1. The zero-order chi connectivity index (χ0) is 21.2. The minimum absolute atomic E-state index is 0.0301. The van der Waals surface area contributed by atoms with Crippen LogP contribution in [0.4, 0.5) is 13.2 Å². The number of hydrogen-bond acceptors (Lipinski definition) is 3. The second kappa shape index (κ2) is 7.54. The largest absolute Gasteiger partial charge is 0.442 e. The van der Waals surface area contributed by atoms with Crippen LogP contribution in [-0.2, 0) is 4.79 Å². The number of rotatable bonds is 5. The second-order valence-corrected chi connectivity index (χ2v) is 6.48. The highest BCUT2D eigenvalue weighted by Gasteiger charge is 2.67. The van der Waals surface area contributed by atoms with E-state index >= 15 is 0 Å². The minimum atomic E-state index is -5.15. The van der Waals surface area contributed by atoms with Gasteiger partial charge in [-0.3, -0.25) is 14.5 Å². The molecule has 150 valence electrons. The molecule has 0 radical (unpaired) electrons. The number of aliphatic imine (C=N–C) groups is 1. The van der Waals surface area contributed by atoms with Gasteiger partial charge in [-0.2, -0.15) is 13.2 Å². The van der Waals surface area contributed by atoms with Crippen LogP contribution in [0.25, 0.3) is 0 Å². The van der Waals surface area contributed by atoms with Crippen LogP contribution in [0.3, 0.4) is 0 Å². The van der Waals surface area contributed by atoms with Gasteiger partial charge in [0.15, 0.2) is 0 Å². The summed E-state index contributed by atoms with van der Waals surface area (Å²) >= 11 is 0. The number of carbonyl (C=O) groups excluding carboxylic acids is 2. The van der Waals surface area contributed by atoms with Crippen LogP contribution in [0.5, 0.6) is 0 Å². The van der Waals surface area contributed by atoms with Crippen molar-refractivity contribution in [3.63, 3.8) is 0 Å². The van der Waals surface area contributed by atoms with Gasteiger partial charge in [0, 0.05) is 17.7 Å². The molecular formula is C21H18F3N3O2. The average Bonchev–Trinajstić information content (AvgIpc) is 2.96. The molecule has 0 fully saturated rings. The lowest BCUT2D eigenvalue weighted by molar-refractivity contribution is -0.196. The summed E-state index contributed by atoms with van der Waals surface area (Å²) in [6.07, 6.45) is -3.86. The van der Waals surface area contributed by atoms with Crippen molar-refractivity contribution in [1.82, 2.24) is 10.2 Å². The number of alkyl halides is 3. The molecule has 3 rings (SSSR count). The maximum Gasteiger partial charge on any atom is 0.442 e. The predicted octanol–water partition coefficient (Wildman–Crippen LogP) is 3.46. The Hall–Kier alpha value is -3.42. The molecule has 29 heavy (non-hydrogen) atoms. The molecule has 1 atom stereocenters. The van der Waals surface area contributed by atoms with E-state index in [1.807, 2.05) is 5.32 Å². The first-order valence-corrected chi connectivity index (χ1v) is 8.74. The lowest BCUT2D eigenvalue weighted by Crippen LogP contribution is -2.63. The summed E-state index contributed by atoms with van der Waals surface area (Å²) in [4.78, 5) is 30.2. The third-order valence-electron chi connectivity index (χ3n) is 4.52. The Kier molecular flexibility index (Phi) is 5.28. The Labute approximate surface area is 165 Å². The number of nitrogens with one attached hydrogen (secondary N) is 1. The maximum absolute atomic E-state index is 14.2. The highest BCUT2D eigenvalue weighted by Crippen LogP contribution is 2.38. The van der Waals surface area contributed by atoms with Gasteiger partial charge in [0.1, 0.15) is 5.84 Å². The predicted molar refractivity (Wildman–Crippen MR) is 102 cm³/mol. The van der Waals surface area contributed by atoms with Crippen LogP contribution in [0.2, 0.25) is 0 Å². The van der Waals surface area contributed by atoms with E-state index in [1.165, 1.54) is 30.3 Å². The quantitative estimate of drug-likeness (QED) is 0.780. The molecule has 0 spiro atoms. The van der Waals surface area contributed by atoms with E-state index in [0.717, 1.165) is 4.90 Å². The molecule has 8 heteroatoms. The van der Waals surface area contributed by atoms with Gasteiger partial charge in [-0.25, -0.2) is 4.99 Å². The number of aryl methyl sites for hydroxylation is 1. The topological polar surface area (TPSA) is 61.8 Å². The van der Waals surface area contributed by atoms with E-state index in [9.17, 15) is 22.8 Å². The SMILES string of the molecule is C=CCN1C(=O)[C@@](NC(=O)c2ccccc2C)(C(F)(F)F)N=C1c1ccccc1. The summed E-state index contributed by atoms with van der Waals surface area (Å²) < 4.78 is 42.5. The first-order valence-electron chi connectivity index (χ1n) is 8.74. The fourth-order valence-corrected chi connectivity index (χ4v) is 3.06. The summed E-state index contributed by atoms with van der Waals surface area (Å²) in [5.74, 6) is -2.60. The van der Waals surface area contributed by atoms with E-state index in [2.05, 4.69) is 11.6 Å². The molecule has 2 amide bonds. The Morgan fingerprint density at radius 1 is 1.17 bits per heavy atom. The van der Waals surface area contributed by atoms with Gasteiger partial charge in [-0.05, 0) is 18.6 Å². The van der Waals surface area contributed by atoms with Crippen LogP contribution in [-0.4, -0.2) is 40.9 Å². The molecule has 2 aromatic carbocycles. The normalized spacial score (nSPS) is 19.1. The average molecular weight is 401 g/mol. The van der Waals surface area contributed by atoms with Crippen molar-refractivity contribution in [3.8, 4) is 0 Å². The fourth-order valence-electron chi connectivity index (χ4n) is 3.06. The van der Waals surface area contributed by atoms with Crippen molar-refractivity contribution in [1.29, 1.82) is 0 Å². The first kappa shape index (κ1) is 20.3. The van der Waals surface area contributed by atoms with E-state index in [4.69, 9.17) is 0 Å². The highest BCUT2D eigenvalue weighted by molar-refractivity contribution is 6.17. The number of hydrogen-bond donors (Lipinski definition) is 1. The highest BCUT2D eigenvalue weighted by atomic mass is 19.4. The number of carbonyl (C=O) groups is 2. The molecule has 0 bridgehead atoms. The Morgan fingerprint density at radius 2 is 1.79 bits per heavy atom. The summed E-state index contributed by atoms with van der Waals surface area (Å²) in [5, 5.41) is 1.85. The first-order chi connectivity index (χ1) is 13.7. The molecule has 5 nitrogen and oxygen atoms in total. The van der Waals surface area contributed by atoms with Crippen LogP contribution in [0.1, 0.15) is 21.5 Å². The van der Waals surface area contributed by atoms with Gasteiger partial charge in [0.25, 0.3) is 11.8 Å². The van der Waals surface area contributed by atoms with Gasteiger partial charge in [0.05, 0.1) is 0 Å². The van der Waals surface area contributed by atoms with Gasteiger partial charge in [-0.1, -0.05) is 54.6 Å². The van der Waals surface area contributed by atoms with Crippen LogP contribution in [0.15, 0.2) is 72.2 Å². The smallest absolute Gasteiger partial charge is 0.312 e. The van der Waals surface area contributed by atoms with Gasteiger partial charge >= 0.3 is 11.8 Å². The van der Waals surface area contributed by atoms with Crippen molar-refractivity contribution >= 4 is 17.6 Å². The molecular weight excluding hydrogens is 383 g/mol. The molecule has 0 saturated carbocycles. The third kappa shape index (κ3) is 3.53. The summed E-state index contributed by atoms with van der Waals surface area (Å²) in [6, 6.07) is 14.2. The van der Waals surface area contributed by atoms with E-state index < -0.39 is 23.7 Å². The van der Waals surface area contributed by atoms with E-state index in [1.54, 1.807) is 37.3 Å². The second-order valence-electron chi connectivity index (χ2n) is 6.48. The molecule has 0 aliphatic carbocycles. The number of amidine groups is 1. The Morgan fingerprint density at radius 3 is 2.38 bits per heavy atom. The van der Waals surface area contributed by atoms with Gasteiger partial charge in [-0.15, -0.1) is 6.58 Å². The number of nitrogens with zero attached hydrogens (tertiary/aromatic N) is 2. The van der Waals surface area contributed by atoms with Crippen molar-refractivity contribution in [2.45, 2.75) is 18.8 Å². The number of halogens is 3. The summed E-state index contributed by atoms with van der Waals surface area (Å²) in [7, 11) is 0. The molecule has 1 aliphatic rings. The van der Waals surface area contributed by atoms with E-state index in [-0.39, 0.29) is 17.9 Å². The molecule has 1 N–H and O–H groups in total. The fraction of sp³-hybridized carbons (Fsp3) is 0.190. The van der Waals surface area contributed by atoms with Gasteiger partial charge in [0.2, 0.25) is 0 Å². The summed E-state index contributed by atoms with van der Waals surface area (Å²) in [5.41, 5.74) is -2.59. The molecule has 0 saturated heterocycles. The van der Waals surface area contributed by atoms with Crippen LogP contribution >= 0.6 is 0 Å². The zero-order valence-electron chi connectivity index (χ0n) is 15.5. The molecule has 0 unspecified atom stereocenters. The molecule has 1 aliphatic heterocycles. The zero-order valence-corrected chi connectivity index (χ0v) is 15.5. The van der Waals surface area contributed by atoms with Crippen molar-refractivity contribution in [2.75, 3.05) is 6.54 Å². The van der Waals surface area contributed by atoms with E-state index in [0.29, 0.717) is 11.1 Å². The lowest BCUT2D eigenvalue weighted by Gasteiger charge is -2.29. The van der Waals surface area contributed by atoms with Crippen molar-refractivity contribution in [2.24, 2.45) is 4.99 Å². The van der Waals surface area contributed by atoms with Crippen LogP contribution in [0, 0.1) is 6.92 Å². The Bertz CT molecular complexity index is 986. The van der Waals surface area contributed by atoms with Crippen LogP contribution < -0.4 is 5.32 Å². The molecule has 1 heterocycles. The van der Waals surface area contributed by atoms with Crippen molar-refractivity contribution < 1.29 is 22.8 Å². The molecule has 0 aromatic heterocycles. The third-order valence-corrected chi connectivity index (χ3v) is 4.52. The summed E-state index contributed by atoms with van der Waals surface area (Å²) in [6.45, 7) is 4.90. The monoisotopic (exact) mass is 401 g/mol.